The summed E-state index contributed by atoms with van der Waals surface area (Å²) in [5, 5.41) is 10.8. The van der Waals surface area contributed by atoms with E-state index < -0.39 is 6.04 Å². The van der Waals surface area contributed by atoms with Gasteiger partial charge in [-0.2, -0.15) is 5.10 Å². The number of hydrogen-bond donors (Lipinski definition) is 2. The van der Waals surface area contributed by atoms with Crippen LogP contribution < -0.4 is 10.6 Å². The fourth-order valence-electron chi connectivity index (χ4n) is 3.00. The van der Waals surface area contributed by atoms with Gasteiger partial charge in [-0.3, -0.25) is 9.59 Å². The van der Waals surface area contributed by atoms with Gasteiger partial charge in [-0.25, -0.2) is 4.68 Å². The minimum atomic E-state index is -0.630. The Balaban J connectivity index is 1.53. The number of nitrogens with zero attached hydrogens (tertiary/aromatic N) is 2. The Kier molecular flexibility index (Phi) is 7.25. The van der Waals surface area contributed by atoms with E-state index in [0.29, 0.717) is 23.6 Å². The molecule has 1 aromatic heterocycles. The second-order valence-corrected chi connectivity index (χ2v) is 7.77. The van der Waals surface area contributed by atoms with Crippen molar-refractivity contribution in [3.63, 3.8) is 0 Å². The van der Waals surface area contributed by atoms with Crippen LogP contribution in [0.5, 0.6) is 0 Å². The molecule has 2 N–H and O–H groups in total. The standard InChI is InChI=1S/C23H25ClN4O2/c1-16(2)21(26-22(29)17-8-10-18(24)11-9-17)23(30)25-14-12-19-13-15-28(27-19)20-6-4-3-5-7-20/h3-11,13,15-16,21H,12,14H2,1-2H3,(H,25,30)(H,26,29). The second kappa shape index (κ2) is 10.1. The van der Waals surface area contributed by atoms with Crippen molar-refractivity contribution in [1.29, 1.82) is 0 Å². The lowest BCUT2D eigenvalue weighted by atomic mass is 10.0. The molecule has 1 atom stereocenters. The van der Waals surface area contributed by atoms with Gasteiger partial charge in [-0.1, -0.05) is 43.6 Å². The highest BCUT2D eigenvalue weighted by Crippen LogP contribution is 2.11. The van der Waals surface area contributed by atoms with E-state index in [1.54, 1.807) is 28.9 Å². The Morgan fingerprint density at radius 3 is 2.40 bits per heavy atom. The van der Waals surface area contributed by atoms with E-state index in [1.165, 1.54) is 0 Å². The summed E-state index contributed by atoms with van der Waals surface area (Å²) >= 11 is 5.86. The Bertz CT molecular complexity index is 984. The molecular formula is C23H25ClN4O2. The van der Waals surface area contributed by atoms with Crippen LogP contribution in [0.1, 0.15) is 29.9 Å². The number of amides is 2. The topological polar surface area (TPSA) is 76.0 Å². The first kappa shape index (κ1) is 21.6. The van der Waals surface area contributed by atoms with Crippen molar-refractivity contribution < 1.29 is 9.59 Å². The molecule has 0 radical (unpaired) electrons. The van der Waals surface area contributed by atoms with Crippen LogP contribution in [0.15, 0.2) is 66.9 Å². The highest BCUT2D eigenvalue weighted by atomic mass is 35.5. The van der Waals surface area contributed by atoms with Gasteiger partial charge in [0.05, 0.1) is 11.4 Å². The van der Waals surface area contributed by atoms with Crippen LogP contribution in [0.2, 0.25) is 5.02 Å². The normalized spacial score (nSPS) is 11.9. The number of rotatable bonds is 8. The summed E-state index contributed by atoms with van der Waals surface area (Å²) in [6.45, 7) is 4.23. The lowest BCUT2D eigenvalue weighted by Gasteiger charge is -2.21. The molecule has 0 aliphatic heterocycles. The molecule has 0 aliphatic rings. The molecule has 0 saturated heterocycles. The molecule has 6 nitrogen and oxygen atoms in total. The van der Waals surface area contributed by atoms with Crippen LogP contribution in [0.25, 0.3) is 5.69 Å². The predicted molar refractivity (Wildman–Crippen MR) is 118 cm³/mol. The molecule has 2 aromatic carbocycles. The lowest BCUT2D eigenvalue weighted by Crippen LogP contribution is -2.50. The molecule has 0 bridgehead atoms. The average Bonchev–Trinajstić information content (AvgIpc) is 3.21. The summed E-state index contributed by atoms with van der Waals surface area (Å²) < 4.78 is 1.81. The summed E-state index contributed by atoms with van der Waals surface area (Å²) in [5.41, 5.74) is 2.33. The number of para-hydroxylation sites is 1. The van der Waals surface area contributed by atoms with Gasteiger partial charge in [-0.15, -0.1) is 0 Å². The van der Waals surface area contributed by atoms with Crippen molar-refractivity contribution in [3.8, 4) is 5.69 Å². The van der Waals surface area contributed by atoms with Gasteiger partial charge in [-0.05, 0) is 48.4 Å². The molecule has 0 spiro atoms. The van der Waals surface area contributed by atoms with Crippen molar-refractivity contribution in [3.05, 3.63) is 83.1 Å². The highest BCUT2D eigenvalue weighted by Gasteiger charge is 2.24. The van der Waals surface area contributed by atoms with Crippen molar-refractivity contribution in [2.24, 2.45) is 5.92 Å². The first-order valence-corrected chi connectivity index (χ1v) is 10.3. The molecule has 1 heterocycles. The van der Waals surface area contributed by atoms with Crippen molar-refractivity contribution in [2.45, 2.75) is 26.3 Å². The fraction of sp³-hybridized carbons (Fsp3) is 0.261. The Morgan fingerprint density at radius 2 is 1.73 bits per heavy atom. The Hall–Kier alpha value is -3.12. The summed E-state index contributed by atoms with van der Waals surface area (Å²) in [6, 6.07) is 17.7. The van der Waals surface area contributed by atoms with Gasteiger partial charge in [0.25, 0.3) is 5.91 Å². The first-order valence-electron chi connectivity index (χ1n) is 9.88. The molecule has 2 amide bonds. The molecule has 7 heteroatoms. The maximum atomic E-state index is 12.6. The minimum absolute atomic E-state index is 0.0569. The van der Waals surface area contributed by atoms with Crippen LogP contribution in [-0.4, -0.2) is 34.2 Å². The zero-order chi connectivity index (χ0) is 21.5. The molecular weight excluding hydrogens is 400 g/mol. The second-order valence-electron chi connectivity index (χ2n) is 7.33. The number of hydrogen-bond acceptors (Lipinski definition) is 3. The predicted octanol–water partition coefficient (Wildman–Crippen LogP) is 3.64. The smallest absolute Gasteiger partial charge is 0.251 e. The monoisotopic (exact) mass is 424 g/mol. The number of benzene rings is 2. The first-order chi connectivity index (χ1) is 14.4. The fourth-order valence-corrected chi connectivity index (χ4v) is 3.13. The molecule has 3 aromatic rings. The van der Waals surface area contributed by atoms with Crippen molar-refractivity contribution >= 4 is 23.4 Å². The number of carbonyl (C=O) groups excluding carboxylic acids is 2. The average molecular weight is 425 g/mol. The highest BCUT2D eigenvalue weighted by molar-refractivity contribution is 6.30. The zero-order valence-corrected chi connectivity index (χ0v) is 17.8. The number of halogens is 1. The van der Waals surface area contributed by atoms with E-state index >= 15 is 0 Å². The maximum absolute atomic E-state index is 12.6. The molecule has 30 heavy (non-hydrogen) atoms. The van der Waals surface area contributed by atoms with Crippen molar-refractivity contribution in [1.82, 2.24) is 20.4 Å². The van der Waals surface area contributed by atoms with Crippen molar-refractivity contribution in [2.75, 3.05) is 6.54 Å². The summed E-state index contributed by atoms with van der Waals surface area (Å²) in [5.74, 6) is -0.574. The van der Waals surface area contributed by atoms with E-state index in [1.807, 2.05) is 56.4 Å². The van der Waals surface area contributed by atoms with Gasteiger partial charge < -0.3 is 10.6 Å². The minimum Gasteiger partial charge on any atom is -0.354 e. The summed E-state index contributed by atoms with van der Waals surface area (Å²) in [7, 11) is 0. The van der Waals surface area contributed by atoms with Crippen LogP contribution >= 0.6 is 11.6 Å². The third kappa shape index (κ3) is 5.70. The lowest BCUT2D eigenvalue weighted by molar-refractivity contribution is -0.123. The molecule has 156 valence electrons. The molecule has 1 unspecified atom stereocenters. The summed E-state index contributed by atoms with van der Waals surface area (Å²) in [6.07, 6.45) is 2.50. The zero-order valence-electron chi connectivity index (χ0n) is 17.0. The third-order valence-corrected chi connectivity index (χ3v) is 4.94. The van der Waals surface area contributed by atoms with Gasteiger partial charge in [0.1, 0.15) is 6.04 Å². The third-order valence-electron chi connectivity index (χ3n) is 4.69. The van der Waals surface area contributed by atoms with E-state index in [2.05, 4.69) is 15.7 Å². The number of aromatic nitrogens is 2. The summed E-state index contributed by atoms with van der Waals surface area (Å²) in [4.78, 5) is 25.1. The quantitative estimate of drug-likeness (QED) is 0.579. The largest absolute Gasteiger partial charge is 0.354 e. The van der Waals surface area contributed by atoms with Crippen LogP contribution in [0.3, 0.4) is 0 Å². The van der Waals surface area contributed by atoms with Gasteiger partial charge in [0, 0.05) is 29.7 Å². The Labute approximate surface area is 181 Å². The van der Waals surface area contributed by atoms with Crippen LogP contribution in [0, 0.1) is 5.92 Å². The number of nitrogens with one attached hydrogen (secondary N) is 2. The van der Waals surface area contributed by atoms with Gasteiger partial charge in [0.2, 0.25) is 5.91 Å². The molecule has 0 saturated carbocycles. The van der Waals surface area contributed by atoms with Crippen LogP contribution in [0.4, 0.5) is 0 Å². The molecule has 3 rings (SSSR count). The van der Waals surface area contributed by atoms with E-state index in [-0.39, 0.29) is 17.7 Å². The van der Waals surface area contributed by atoms with E-state index in [0.717, 1.165) is 11.4 Å². The molecule has 0 fully saturated rings. The Morgan fingerprint density at radius 1 is 1.03 bits per heavy atom. The maximum Gasteiger partial charge on any atom is 0.251 e. The molecule has 0 aliphatic carbocycles. The van der Waals surface area contributed by atoms with Crippen LogP contribution in [-0.2, 0) is 11.2 Å². The number of carbonyl (C=O) groups is 2. The van der Waals surface area contributed by atoms with E-state index in [9.17, 15) is 9.59 Å². The van der Waals surface area contributed by atoms with Gasteiger partial charge >= 0.3 is 0 Å². The van der Waals surface area contributed by atoms with E-state index in [4.69, 9.17) is 11.6 Å². The van der Waals surface area contributed by atoms with Gasteiger partial charge in [0.15, 0.2) is 0 Å². The SMILES string of the molecule is CC(C)C(NC(=O)c1ccc(Cl)cc1)C(=O)NCCc1ccn(-c2ccccc2)n1.